The van der Waals surface area contributed by atoms with Crippen LogP contribution in [0.5, 0.6) is 23.0 Å². The van der Waals surface area contributed by atoms with Crippen LogP contribution >= 0.6 is 39.1 Å². The predicted octanol–water partition coefficient (Wildman–Crippen LogP) is 12.7. The van der Waals surface area contributed by atoms with Gasteiger partial charge in [-0.25, -0.2) is 4.98 Å². The van der Waals surface area contributed by atoms with Crippen LogP contribution in [0.3, 0.4) is 0 Å². The zero-order valence-electron chi connectivity index (χ0n) is 49.0. The summed E-state index contributed by atoms with van der Waals surface area (Å²) >= 11 is 17.2. The molecule has 0 radical (unpaired) electrons. The molecule has 0 saturated carbocycles. The highest BCUT2D eigenvalue weighted by Crippen LogP contribution is 2.44. The van der Waals surface area contributed by atoms with Crippen molar-refractivity contribution in [1.82, 2.24) is 25.1 Å². The van der Waals surface area contributed by atoms with Crippen molar-refractivity contribution < 1.29 is 28.5 Å². The summed E-state index contributed by atoms with van der Waals surface area (Å²) in [7, 11) is 6.06. The van der Waals surface area contributed by atoms with Crippen LogP contribution in [0, 0.1) is 54.3 Å². The topological polar surface area (TPSA) is 223 Å². The molecule has 444 valence electrons. The number of aryl methyl sites for hydroxylation is 2. The van der Waals surface area contributed by atoms with E-state index < -0.39 is 12.0 Å². The first-order valence-corrected chi connectivity index (χ1v) is 30.1. The maximum Gasteiger partial charge on any atom is 0.224 e. The van der Waals surface area contributed by atoms with Gasteiger partial charge in [0.2, 0.25) is 11.8 Å². The van der Waals surface area contributed by atoms with Crippen LogP contribution < -0.4 is 50.8 Å². The number of rotatable bonds is 26. The number of carbonyl (C=O) groups is 2. The summed E-state index contributed by atoms with van der Waals surface area (Å²) in [5.41, 5.74) is 8.10. The standard InChI is InChI=1S/C63H75BrCl2N12O6/c1-9-81-57-27-50-44(62(41(29-67)32-70-50)75-48-17-16-43(23-46(48)65)83-36-55-37(3)15-18-59(64)72-55)24-52(57)74-61(80)14-12-20-78(8)34-40-21-38(4)54(69-31-40)35-84-56-22-39(5)49(26-47(56)66)76-63-42(30-68)33-71-51-28-58(82-10-2)53(25-45(51)63)73-60(79)13-11-19-77(6)7/h15-18,22-28,32,38,40,42,54,63,69,71,76H,9-14,19-21,31,33-36H2,1-8H3,(H,70,75)(H,73,79)(H,74,80). The number of hydrogen-bond donors (Lipinski definition) is 6. The zero-order chi connectivity index (χ0) is 60.0. The Morgan fingerprint density at radius 1 is 0.810 bits per heavy atom. The summed E-state index contributed by atoms with van der Waals surface area (Å²) < 4.78 is 25.1. The molecule has 0 aliphatic carbocycles. The molecular weight excluding hydrogens is 1170 g/mol. The molecule has 6 N–H and O–H groups in total. The van der Waals surface area contributed by atoms with Gasteiger partial charge in [0.25, 0.3) is 0 Å². The van der Waals surface area contributed by atoms with Crippen LogP contribution in [-0.2, 0) is 16.2 Å². The van der Waals surface area contributed by atoms with Crippen LogP contribution in [0.2, 0.25) is 10.0 Å². The third-order valence-electron chi connectivity index (χ3n) is 15.1. The Morgan fingerprint density at radius 2 is 1.54 bits per heavy atom. The number of carbonyl (C=O) groups excluding carboxylic acids is 2. The van der Waals surface area contributed by atoms with Gasteiger partial charge in [0, 0.05) is 78.7 Å². The van der Waals surface area contributed by atoms with Crippen LogP contribution in [0.4, 0.5) is 34.1 Å². The zero-order valence-corrected chi connectivity index (χ0v) is 52.1. The van der Waals surface area contributed by atoms with Gasteiger partial charge in [-0.15, -0.1) is 0 Å². The number of amides is 2. The fourth-order valence-electron chi connectivity index (χ4n) is 10.7. The highest BCUT2D eigenvalue weighted by molar-refractivity contribution is 9.10. The fourth-order valence-corrected chi connectivity index (χ4v) is 11.4. The number of benzene rings is 4. The molecule has 4 heterocycles. The van der Waals surface area contributed by atoms with Gasteiger partial charge in [0.05, 0.1) is 80.8 Å². The molecule has 8 rings (SSSR count). The Bertz CT molecular complexity index is 3410. The summed E-state index contributed by atoms with van der Waals surface area (Å²) in [6, 6.07) is 24.7. The number of hydrogen-bond acceptors (Lipinski definition) is 16. The van der Waals surface area contributed by atoms with E-state index >= 15 is 0 Å². The SMILES string of the molecule is CCOc1cc2c(cc1NC(=O)CCCN(C)C)C(Nc1cc(Cl)c(OCC3NCC(CN(C)CCCC(=O)Nc4cc5c(Nc6ccc(OCc7nc(Br)ccc7C)cc6Cl)c(C#N)cnc5cc4OCC)CC3C)cc1C)C(C#N)CN2. The van der Waals surface area contributed by atoms with Gasteiger partial charge >= 0.3 is 0 Å². The Hall–Kier alpha value is -7.10. The van der Waals surface area contributed by atoms with Crippen molar-refractivity contribution in [1.29, 1.82) is 10.5 Å². The maximum atomic E-state index is 13.6. The Kier molecular flexibility index (Phi) is 22.2. The molecule has 2 aliphatic rings. The lowest BCUT2D eigenvalue weighted by molar-refractivity contribution is -0.117. The molecule has 6 aromatic rings. The highest BCUT2D eigenvalue weighted by Gasteiger charge is 2.33. The largest absolute Gasteiger partial charge is 0.492 e. The number of nitrogens with one attached hydrogen (secondary N) is 6. The quantitative estimate of drug-likeness (QED) is 0.0278. The van der Waals surface area contributed by atoms with E-state index in [2.05, 4.69) is 88.8 Å². The summed E-state index contributed by atoms with van der Waals surface area (Å²) in [6.45, 7) is 15.1. The molecule has 21 heteroatoms. The van der Waals surface area contributed by atoms with Gasteiger partial charge < -0.3 is 60.6 Å². The molecule has 18 nitrogen and oxygen atoms in total. The van der Waals surface area contributed by atoms with E-state index in [4.69, 9.17) is 42.1 Å². The monoisotopic (exact) mass is 1240 g/mol. The van der Waals surface area contributed by atoms with E-state index in [1.807, 2.05) is 83.1 Å². The third kappa shape index (κ3) is 16.4. The molecule has 4 aromatic carbocycles. The van der Waals surface area contributed by atoms with Crippen LogP contribution in [0.15, 0.2) is 77.5 Å². The number of nitriles is 2. The second-order valence-electron chi connectivity index (χ2n) is 21.9. The van der Waals surface area contributed by atoms with Crippen molar-refractivity contribution in [3.63, 3.8) is 0 Å². The van der Waals surface area contributed by atoms with Crippen molar-refractivity contribution in [2.24, 2.45) is 17.8 Å². The first-order valence-electron chi connectivity index (χ1n) is 28.5. The van der Waals surface area contributed by atoms with E-state index in [1.54, 1.807) is 30.3 Å². The maximum absolute atomic E-state index is 13.6. The molecule has 2 aliphatic heterocycles. The molecule has 0 bridgehead atoms. The number of halogens is 3. The lowest BCUT2D eigenvalue weighted by atomic mass is 9.86. The van der Waals surface area contributed by atoms with Crippen molar-refractivity contribution in [2.45, 2.75) is 85.4 Å². The summed E-state index contributed by atoms with van der Waals surface area (Å²) in [6.07, 6.45) is 4.53. The molecule has 2 amide bonds. The summed E-state index contributed by atoms with van der Waals surface area (Å²) in [4.78, 5) is 40.1. The predicted molar refractivity (Wildman–Crippen MR) is 337 cm³/mol. The molecular formula is C63H75BrCl2N12O6. The Labute approximate surface area is 511 Å². The van der Waals surface area contributed by atoms with Gasteiger partial charge in [-0.1, -0.05) is 36.2 Å². The van der Waals surface area contributed by atoms with Crippen molar-refractivity contribution in [2.75, 3.05) is 100 Å². The van der Waals surface area contributed by atoms with E-state index in [0.717, 1.165) is 77.4 Å². The number of aromatic nitrogens is 2. The third-order valence-corrected chi connectivity index (χ3v) is 16.2. The number of pyridine rings is 2. The first kappa shape index (κ1) is 62.9. The smallest absolute Gasteiger partial charge is 0.224 e. The van der Waals surface area contributed by atoms with Gasteiger partial charge in [0.1, 0.15) is 46.9 Å². The van der Waals surface area contributed by atoms with Crippen LogP contribution in [0.25, 0.3) is 10.9 Å². The number of anilines is 6. The average molecular weight is 1250 g/mol. The molecule has 84 heavy (non-hydrogen) atoms. The van der Waals surface area contributed by atoms with Gasteiger partial charge in [0.15, 0.2) is 0 Å². The summed E-state index contributed by atoms with van der Waals surface area (Å²) in [5.74, 6) is 2.23. The van der Waals surface area contributed by atoms with Gasteiger partial charge in [-0.2, -0.15) is 10.5 Å². The molecule has 0 spiro atoms. The van der Waals surface area contributed by atoms with E-state index in [9.17, 15) is 20.1 Å². The van der Waals surface area contributed by atoms with Crippen LogP contribution in [-0.4, -0.2) is 111 Å². The van der Waals surface area contributed by atoms with Crippen molar-refractivity contribution in [3.8, 4) is 35.1 Å². The minimum absolute atomic E-state index is 0.0999. The molecule has 1 fully saturated rings. The number of ether oxygens (including phenoxy) is 4. The fraction of sp³-hybridized carbons (Fsp3) is 0.429. The van der Waals surface area contributed by atoms with Crippen molar-refractivity contribution in [3.05, 3.63) is 116 Å². The number of nitrogens with zero attached hydrogens (tertiary/aromatic N) is 6. The second kappa shape index (κ2) is 29.6. The molecule has 2 aromatic heterocycles. The van der Waals surface area contributed by atoms with E-state index in [0.29, 0.717) is 123 Å². The van der Waals surface area contributed by atoms with E-state index in [-0.39, 0.29) is 30.9 Å². The minimum Gasteiger partial charge on any atom is -0.492 e. The number of piperidine rings is 1. The molecule has 5 unspecified atom stereocenters. The lowest BCUT2D eigenvalue weighted by Gasteiger charge is -2.37. The van der Waals surface area contributed by atoms with E-state index in [1.165, 1.54) is 6.20 Å². The highest BCUT2D eigenvalue weighted by atomic mass is 79.9. The lowest BCUT2D eigenvalue weighted by Crippen LogP contribution is -2.49. The first-order chi connectivity index (χ1) is 40.4. The Morgan fingerprint density at radius 3 is 2.23 bits per heavy atom. The van der Waals surface area contributed by atoms with Crippen LogP contribution in [0.1, 0.15) is 86.9 Å². The molecule has 1 saturated heterocycles. The average Bonchev–Trinajstić information content (AvgIpc) is 3.62. The molecule has 5 atom stereocenters. The van der Waals surface area contributed by atoms with Gasteiger partial charge in [-0.3, -0.25) is 14.6 Å². The summed E-state index contributed by atoms with van der Waals surface area (Å²) in [5, 5.41) is 42.2. The second-order valence-corrected chi connectivity index (χ2v) is 23.5. The van der Waals surface area contributed by atoms with Gasteiger partial charge in [-0.05, 0) is 169 Å². The Balaban J connectivity index is 0.823. The minimum atomic E-state index is -0.421. The number of fused-ring (bicyclic) bond motifs is 2. The van der Waals surface area contributed by atoms with Crippen molar-refractivity contribution >= 4 is 96.0 Å². The normalized spacial score (nSPS) is 17.3.